The quantitative estimate of drug-likeness (QED) is 0.832. The van der Waals surface area contributed by atoms with E-state index >= 15 is 0 Å². The van der Waals surface area contributed by atoms with E-state index in [4.69, 9.17) is 9.47 Å². The van der Waals surface area contributed by atoms with Crippen LogP contribution in [0.5, 0.6) is 11.5 Å². The first-order valence-corrected chi connectivity index (χ1v) is 8.91. The second kappa shape index (κ2) is 8.12. The normalized spacial score (nSPS) is 14.0. The van der Waals surface area contributed by atoms with Gasteiger partial charge in [0.25, 0.3) is 11.8 Å². The molecule has 142 valence electrons. The minimum Gasteiger partial charge on any atom is -0.496 e. The lowest BCUT2D eigenvalue weighted by Gasteiger charge is -2.35. The van der Waals surface area contributed by atoms with Gasteiger partial charge >= 0.3 is 0 Å². The molecule has 0 spiro atoms. The largest absolute Gasteiger partial charge is 0.496 e. The summed E-state index contributed by atoms with van der Waals surface area (Å²) >= 11 is 0. The average molecular weight is 368 g/mol. The summed E-state index contributed by atoms with van der Waals surface area (Å²) < 4.78 is 10.6. The van der Waals surface area contributed by atoms with E-state index in [0.717, 1.165) is 5.56 Å². The molecule has 3 rings (SSSR count). The number of rotatable bonds is 4. The number of hydrogen-bond donors (Lipinski definition) is 0. The topological polar surface area (TPSA) is 59.1 Å². The van der Waals surface area contributed by atoms with Crippen LogP contribution in [-0.2, 0) is 0 Å². The van der Waals surface area contributed by atoms with E-state index in [0.29, 0.717) is 48.8 Å². The van der Waals surface area contributed by atoms with E-state index in [9.17, 15) is 9.59 Å². The lowest BCUT2D eigenvalue weighted by molar-refractivity contribution is 0.0531. The third-order valence-electron chi connectivity index (χ3n) is 4.78. The number of methoxy groups -OCH3 is 2. The molecule has 1 heterocycles. The fourth-order valence-corrected chi connectivity index (χ4v) is 3.26. The summed E-state index contributed by atoms with van der Waals surface area (Å²) in [6.45, 7) is 3.88. The van der Waals surface area contributed by atoms with Crippen molar-refractivity contribution < 1.29 is 19.1 Å². The smallest absolute Gasteiger partial charge is 0.257 e. The highest BCUT2D eigenvalue weighted by Gasteiger charge is 2.28. The fraction of sp³-hybridized carbons (Fsp3) is 0.333. The number of para-hydroxylation sites is 1. The summed E-state index contributed by atoms with van der Waals surface area (Å²) in [6, 6.07) is 12.8. The standard InChI is InChI=1S/C21H24N2O4/c1-15-8-9-19(27-3)17(14-15)21(25)23-12-10-22(11-13-23)20(24)16-6-4-5-7-18(16)26-2/h4-9,14H,10-13H2,1-3H3. The van der Waals surface area contributed by atoms with E-state index < -0.39 is 0 Å². The van der Waals surface area contributed by atoms with Gasteiger partial charge in [0.15, 0.2) is 0 Å². The molecular formula is C21H24N2O4. The molecule has 6 heteroatoms. The highest BCUT2D eigenvalue weighted by Crippen LogP contribution is 2.23. The summed E-state index contributed by atoms with van der Waals surface area (Å²) in [5, 5.41) is 0. The number of benzene rings is 2. The molecule has 0 aromatic heterocycles. The molecule has 0 bridgehead atoms. The minimum absolute atomic E-state index is 0.0695. The fourth-order valence-electron chi connectivity index (χ4n) is 3.26. The van der Waals surface area contributed by atoms with Crippen LogP contribution in [0.15, 0.2) is 42.5 Å². The molecule has 2 amide bonds. The number of amides is 2. The van der Waals surface area contributed by atoms with Crippen LogP contribution in [0.3, 0.4) is 0 Å². The van der Waals surface area contributed by atoms with Crippen LogP contribution in [0.1, 0.15) is 26.3 Å². The van der Waals surface area contributed by atoms with Gasteiger partial charge in [-0.3, -0.25) is 9.59 Å². The Labute approximate surface area is 159 Å². The number of hydrogen-bond acceptors (Lipinski definition) is 4. The highest BCUT2D eigenvalue weighted by molar-refractivity contribution is 5.98. The second-order valence-electron chi connectivity index (χ2n) is 6.49. The van der Waals surface area contributed by atoms with Crippen LogP contribution in [-0.4, -0.2) is 62.0 Å². The van der Waals surface area contributed by atoms with Crippen molar-refractivity contribution in [3.8, 4) is 11.5 Å². The van der Waals surface area contributed by atoms with Gasteiger partial charge in [-0.1, -0.05) is 23.8 Å². The highest BCUT2D eigenvalue weighted by atomic mass is 16.5. The van der Waals surface area contributed by atoms with E-state index in [1.807, 2.05) is 37.3 Å². The summed E-state index contributed by atoms with van der Waals surface area (Å²) in [5.74, 6) is 0.983. The molecule has 0 atom stereocenters. The molecule has 1 aliphatic heterocycles. The third kappa shape index (κ3) is 3.89. The molecule has 1 saturated heterocycles. The van der Waals surface area contributed by atoms with Crippen molar-refractivity contribution in [3.05, 3.63) is 59.2 Å². The molecule has 0 aliphatic carbocycles. The summed E-state index contributed by atoms with van der Waals surface area (Å²) in [4.78, 5) is 29.2. The average Bonchev–Trinajstić information content (AvgIpc) is 2.72. The zero-order valence-electron chi connectivity index (χ0n) is 15.9. The Morgan fingerprint density at radius 1 is 0.778 bits per heavy atom. The van der Waals surface area contributed by atoms with Gasteiger partial charge in [0.05, 0.1) is 25.3 Å². The van der Waals surface area contributed by atoms with E-state index in [1.165, 1.54) is 0 Å². The number of nitrogens with zero attached hydrogens (tertiary/aromatic N) is 2. The van der Waals surface area contributed by atoms with E-state index in [-0.39, 0.29) is 11.8 Å². The van der Waals surface area contributed by atoms with E-state index in [2.05, 4.69) is 0 Å². The Bertz CT molecular complexity index is 842. The zero-order valence-corrected chi connectivity index (χ0v) is 15.9. The van der Waals surface area contributed by atoms with Crippen molar-refractivity contribution in [3.63, 3.8) is 0 Å². The van der Waals surface area contributed by atoms with Gasteiger partial charge in [0, 0.05) is 26.2 Å². The molecule has 0 unspecified atom stereocenters. The lowest BCUT2D eigenvalue weighted by atomic mass is 10.1. The van der Waals surface area contributed by atoms with Crippen LogP contribution < -0.4 is 9.47 Å². The van der Waals surface area contributed by atoms with Gasteiger partial charge in [-0.15, -0.1) is 0 Å². The first-order valence-electron chi connectivity index (χ1n) is 8.91. The van der Waals surface area contributed by atoms with Crippen molar-refractivity contribution in [1.29, 1.82) is 0 Å². The summed E-state index contributed by atoms with van der Waals surface area (Å²) in [6.07, 6.45) is 0. The first kappa shape index (κ1) is 18.8. The molecule has 6 nitrogen and oxygen atoms in total. The molecule has 27 heavy (non-hydrogen) atoms. The minimum atomic E-state index is -0.0762. The lowest BCUT2D eigenvalue weighted by Crippen LogP contribution is -2.50. The van der Waals surface area contributed by atoms with Crippen LogP contribution in [0.2, 0.25) is 0 Å². The number of ether oxygens (including phenoxy) is 2. The van der Waals surface area contributed by atoms with Crippen LogP contribution in [0.4, 0.5) is 0 Å². The Kier molecular flexibility index (Phi) is 5.64. The first-order chi connectivity index (χ1) is 13.0. The van der Waals surface area contributed by atoms with Gasteiger partial charge in [-0.2, -0.15) is 0 Å². The number of carbonyl (C=O) groups is 2. The molecular weight excluding hydrogens is 344 g/mol. The molecule has 0 N–H and O–H groups in total. The molecule has 2 aromatic carbocycles. The van der Waals surface area contributed by atoms with Crippen LogP contribution in [0, 0.1) is 6.92 Å². The van der Waals surface area contributed by atoms with Crippen molar-refractivity contribution in [2.45, 2.75) is 6.92 Å². The van der Waals surface area contributed by atoms with Gasteiger partial charge in [-0.05, 0) is 31.2 Å². The van der Waals surface area contributed by atoms with Gasteiger partial charge in [-0.25, -0.2) is 0 Å². The number of piperazine rings is 1. The summed E-state index contributed by atoms with van der Waals surface area (Å²) in [5.41, 5.74) is 2.10. The van der Waals surface area contributed by atoms with Crippen LogP contribution in [0.25, 0.3) is 0 Å². The molecule has 2 aromatic rings. The molecule has 1 aliphatic rings. The monoisotopic (exact) mass is 368 g/mol. The predicted molar refractivity (Wildman–Crippen MR) is 103 cm³/mol. The maximum absolute atomic E-state index is 12.9. The molecule has 0 saturated carbocycles. The molecule has 0 radical (unpaired) electrons. The maximum atomic E-state index is 12.9. The van der Waals surface area contributed by atoms with E-state index in [1.54, 1.807) is 36.2 Å². The van der Waals surface area contributed by atoms with Gasteiger partial charge in [0.2, 0.25) is 0 Å². The summed E-state index contributed by atoms with van der Waals surface area (Å²) in [7, 11) is 3.11. The zero-order chi connectivity index (χ0) is 19.4. The third-order valence-corrected chi connectivity index (χ3v) is 4.78. The second-order valence-corrected chi connectivity index (χ2v) is 6.49. The van der Waals surface area contributed by atoms with Gasteiger partial charge < -0.3 is 19.3 Å². The SMILES string of the molecule is COc1ccccc1C(=O)N1CCN(C(=O)c2cc(C)ccc2OC)CC1. The van der Waals surface area contributed by atoms with Gasteiger partial charge in [0.1, 0.15) is 11.5 Å². The van der Waals surface area contributed by atoms with Crippen molar-refractivity contribution in [2.24, 2.45) is 0 Å². The Morgan fingerprint density at radius 3 is 1.89 bits per heavy atom. The van der Waals surface area contributed by atoms with Crippen molar-refractivity contribution in [1.82, 2.24) is 9.80 Å². The molecule has 1 fully saturated rings. The number of aryl methyl sites for hydroxylation is 1. The van der Waals surface area contributed by atoms with Crippen molar-refractivity contribution >= 4 is 11.8 Å². The predicted octanol–water partition coefficient (Wildman–Crippen LogP) is 2.61. The number of carbonyl (C=O) groups excluding carboxylic acids is 2. The maximum Gasteiger partial charge on any atom is 0.257 e. The Morgan fingerprint density at radius 2 is 1.30 bits per heavy atom. The van der Waals surface area contributed by atoms with Crippen LogP contribution >= 0.6 is 0 Å². The Hall–Kier alpha value is -3.02. The van der Waals surface area contributed by atoms with Crippen molar-refractivity contribution in [2.75, 3.05) is 40.4 Å². The Balaban J connectivity index is 1.69.